The van der Waals surface area contributed by atoms with Gasteiger partial charge in [0.1, 0.15) is 0 Å². The van der Waals surface area contributed by atoms with Crippen LogP contribution in [0.2, 0.25) is 0 Å². The van der Waals surface area contributed by atoms with Crippen LogP contribution in [0.1, 0.15) is 5.56 Å². The van der Waals surface area contributed by atoms with Crippen molar-refractivity contribution in [3.8, 4) is 0 Å². The molecule has 2 aromatic rings. The van der Waals surface area contributed by atoms with E-state index in [0.29, 0.717) is 5.75 Å². The topological polar surface area (TPSA) is 41.0 Å². The molecule has 0 spiro atoms. The summed E-state index contributed by atoms with van der Waals surface area (Å²) in [5.74, 6) is 0.567. The van der Waals surface area contributed by atoms with Crippen molar-refractivity contribution in [1.82, 2.24) is 10.2 Å². The molecule has 0 radical (unpaired) electrons. The first-order chi connectivity index (χ1) is 9.47. The third-order valence-corrected chi connectivity index (χ3v) is 4.85. The molecular formula is C11H9F3N3S3+. The molecule has 0 fully saturated rings. The van der Waals surface area contributed by atoms with Crippen molar-refractivity contribution in [2.45, 2.75) is 11.3 Å². The largest absolute Gasteiger partial charge is 0.605 e. The SMILES string of the molecule is FC(F)(F)[s+]1cn[nH]c1=NC(=S)SCc1ccccc1. The Bertz CT molecular complexity index is 646. The molecule has 1 N–H and O–H groups in total. The molecule has 106 valence electrons. The van der Waals surface area contributed by atoms with Crippen LogP contribution < -0.4 is 4.80 Å². The first-order valence-corrected chi connectivity index (χ1v) is 8.03. The van der Waals surface area contributed by atoms with Gasteiger partial charge in [-0.3, -0.25) is 0 Å². The van der Waals surface area contributed by atoms with Gasteiger partial charge in [-0.2, -0.15) is 4.99 Å². The van der Waals surface area contributed by atoms with E-state index < -0.39 is 16.0 Å². The van der Waals surface area contributed by atoms with E-state index in [1.54, 1.807) is 0 Å². The molecule has 0 amide bonds. The Hall–Kier alpha value is -1.19. The lowest BCUT2D eigenvalue weighted by atomic mass is 10.2. The summed E-state index contributed by atoms with van der Waals surface area (Å²) in [6, 6.07) is 9.50. The second kappa shape index (κ2) is 6.51. The van der Waals surface area contributed by atoms with Gasteiger partial charge in [-0.15, -0.1) is 18.3 Å². The average molecular weight is 336 g/mol. The number of thiocarbonyl (C=S) groups is 1. The first kappa shape index (κ1) is 15.2. The van der Waals surface area contributed by atoms with Crippen molar-refractivity contribution < 1.29 is 13.2 Å². The molecule has 0 aliphatic carbocycles. The molecule has 0 aliphatic heterocycles. The number of hydrogen-bond donors (Lipinski definition) is 1. The van der Waals surface area contributed by atoms with Gasteiger partial charge >= 0.3 is 10.3 Å². The number of hydrogen-bond acceptors (Lipinski definition) is 3. The van der Waals surface area contributed by atoms with Crippen LogP contribution in [0.25, 0.3) is 0 Å². The molecule has 0 aliphatic rings. The highest BCUT2D eigenvalue weighted by Crippen LogP contribution is 2.36. The van der Waals surface area contributed by atoms with Crippen molar-refractivity contribution in [2.24, 2.45) is 4.99 Å². The fraction of sp³-hybridized carbons (Fsp3) is 0.182. The number of thioether (sulfide) groups is 1. The predicted molar refractivity (Wildman–Crippen MR) is 78.3 cm³/mol. The average Bonchev–Trinajstić information content (AvgIpc) is 2.86. The molecule has 2 rings (SSSR count). The van der Waals surface area contributed by atoms with Crippen molar-refractivity contribution in [3.63, 3.8) is 0 Å². The molecule has 0 saturated carbocycles. The van der Waals surface area contributed by atoms with E-state index in [1.807, 2.05) is 30.3 Å². The second-order valence-corrected chi connectivity index (χ2v) is 6.93. The Labute approximate surface area is 124 Å². The number of alkyl halides is 3. The van der Waals surface area contributed by atoms with E-state index in [2.05, 4.69) is 15.2 Å². The van der Waals surface area contributed by atoms with E-state index in [-0.39, 0.29) is 9.12 Å². The van der Waals surface area contributed by atoms with Crippen molar-refractivity contribution in [2.75, 3.05) is 0 Å². The summed E-state index contributed by atoms with van der Waals surface area (Å²) in [6.45, 7) is 0. The molecule has 0 saturated heterocycles. The summed E-state index contributed by atoms with van der Waals surface area (Å²) in [4.78, 5) is 3.56. The smallest absolute Gasteiger partial charge is 0.211 e. The third kappa shape index (κ3) is 4.15. The van der Waals surface area contributed by atoms with Gasteiger partial charge in [-0.25, -0.2) is 5.10 Å². The van der Waals surface area contributed by atoms with Crippen molar-refractivity contribution in [1.29, 1.82) is 0 Å². The minimum atomic E-state index is -4.38. The molecule has 1 atom stereocenters. The highest BCUT2D eigenvalue weighted by Gasteiger charge is 2.46. The number of aromatic amines is 1. The van der Waals surface area contributed by atoms with Gasteiger partial charge in [-0.05, 0) is 5.56 Å². The monoisotopic (exact) mass is 336 g/mol. The Kier molecular flexibility index (Phi) is 4.95. The Morgan fingerprint density at radius 1 is 1.35 bits per heavy atom. The van der Waals surface area contributed by atoms with Gasteiger partial charge in [-0.1, -0.05) is 54.3 Å². The van der Waals surface area contributed by atoms with Crippen LogP contribution in [-0.4, -0.2) is 14.5 Å². The maximum Gasteiger partial charge on any atom is 0.605 e. The Morgan fingerprint density at radius 2 is 2.05 bits per heavy atom. The maximum absolute atomic E-state index is 12.7. The molecule has 20 heavy (non-hydrogen) atoms. The molecule has 9 heteroatoms. The molecule has 1 heterocycles. The first-order valence-electron chi connectivity index (χ1n) is 5.35. The minimum absolute atomic E-state index is 0.156. The van der Waals surface area contributed by atoms with E-state index in [1.165, 1.54) is 11.8 Å². The zero-order chi connectivity index (χ0) is 14.6. The normalized spacial score (nSPS) is 13.6. The number of aromatic nitrogens is 2. The molecular weight excluding hydrogens is 327 g/mol. The molecule has 1 unspecified atom stereocenters. The Morgan fingerprint density at radius 3 is 2.70 bits per heavy atom. The van der Waals surface area contributed by atoms with Crippen LogP contribution in [-0.2, 0) is 11.3 Å². The minimum Gasteiger partial charge on any atom is -0.211 e. The quantitative estimate of drug-likeness (QED) is 0.671. The van der Waals surface area contributed by atoms with Crippen LogP contribution in [0.4, 0.5) is 13.2 Å². The fourth-order valence-electron chi connectivity index (χ4n) is 1.31. The van der Waals surface area contributed by atoms with Gasteiger partial charge in [0, 0.05) is 5.75 Å². The van der Waals surface area contributed by atoms with Crippen LogP contribution in [0.3, 0.4) is 0 Å². The van der Waals surface area contributed by atoms with E-state index in [0.717, 1.165) is 11.1 Å². The van der Waals surface area contributed by atoms with Crippen LogP contribution >= 0.6 is 34.4 Å². The predicted octanol–water partition coefficient (Wildman–Crippen LogP) is 3.75. The lowest BCUT2D eigenvalue weighted by Crippen LogP contribution is -2.11. The lowest BCUT2D eigenvalue weighted by Gasteiger charge is -1.98. The lowest BCUT2D eigenvalue weighted by molar-refractivity contribution is -0.0872. The number of nitrogens with zero attached hydrogens (tertiary/aromatic N) is 2. The highest BCUT2D eigenvalue weighted by molar-refractivity contribution is 8.22. The molecule has 3 nitrogen and oxygen atoms in total. The fourth-order valence-corrected chi connectivity index (χ4v) is 3.27. The van der Waals surface area contributed by atoms with E-state index in [9.17, 15) is 13.2 Å². The number of H-pyrrole nitrogens is 1. The number of nitrogens with one attached hydrogen (secondary N) is 1. The third-order valence-electron chi connectivity index (χ3n) is 2.17. The maximum atomic E-state index is 12.7. The second-order valence-electron chi connectivity index (χ2n) is 3.59. The molecule has 0 bridgehead atoms. The van der Waals surface area contributed by atoms with Gasteiger partial charge < -0.3 is 0 Å². The summed E-state index contributed by atoms with van der Waals surface area (Å²) in [5, 5.41) is 5.65. The van der Waals surface area contributed by atoms with Gasteiger partial charge in [0.25, 0.3) is 5.51 Å². The van der Waals surface area contributed by atoms with Crippen molar-refractivity contribution >= 4 is 38.8 Å². The summed E-state index contributed by atoms with van der Waals surface area (Å²) >= 11 is 6.20. The van der Waals surface area contributed by atoms with Gasteiger partial charge in [0.2, 0.25) is 0 Å². The highest BCUT2D eigenvalue weighted by atomic mass is 32.2. The Balaban J connectivity index is 2.08. The standard InChI is InChI=1S/C11H8F3N3S3/c12-11(13,14)20-7-15-17-9(20)16-10(18)19-6-8-4-2-1-3-5-8/h1-5,7H,6H2/p+1. The zero-order valence-electron chi connectivity index (χ0n) is 9.92. The number of rotatable bonds is 2. The van der Waals surface area contributed by atoms with Crippen LogP contribution in [0, 0.1) is 0 Å². The van der Waals surface area contributed by atoms with E-state index >= 15 is 0 Å². The van der Waals surface area contributed by atoms with Crippen LogP contribution in [0.15, 0.2) is 40.8 Å². The van der Waals surface area contributed by atoms with Gasteiger partial charge in [0.05, 0.1) is 0 Å². The number of benzene rings is 1. The molecule has 1 aromatic heterocycles. The van der Waals surface area contributed by atoms with Gasteiger partial charge in [0.15, 0.2) is 14.8 Å². The summed E-state index contributed by atoms with van der Waals surface area (Å²) in [7, 11) is -2.10. The summed E-state index contributed by atoms with van der Waals surface area (Å²) in [5.41, 5.74) is -2.54. The molecule has 1 aromatic carbocycles. The van der Waals surface area contributed by atoms with Crippen molar-refractivity contribution in [3.05, 3.63) is 46.2 Å². The number of halogens is 3. The van der Waals surface area contributed by atoms with Crippen LogP contribution in [0.5, 0.6) is 0 Å². The zero-order valence-corrected chi connectivity index (χ0v) is 12.4. The van der Waals surface area contributed by atoms with E-state index in [4.69, 9.17) is 12.2 Å². The summed E-state index contributed by atoms with van der Waals surface area (Å²) < 4.78 is 38.1. The summed E-state index contributed by atoms with van der Waals surface area (Å²) in [6.07, 6.45) is 0.